The number of aryl methyl sites for hydroxylation is 2. The molecule has 0 radical (unpaired) electrons. The number of aromatic nitrogens is 2. The van der Waals surface area contributed by atoms with Crippen LogP contribution in [0.1, 0.15) is 50.2 Å². The zero-order chi connectivity index (χ0) is 14.4. The van der Waals surface area contributed by atoms with Crippen molar-refractivity contribution in [2.45, 2.75) is 53.6 Å². The quantitative estimate of drug-likeness (QED) is 0.789. The molecule has 19 heavy (non-hydrogen) atoms. The normalized spacial score (nSPS) is 12.5. The van der Waals surface area contributed by atoms with Crippen LogP contribution in [0.2, 0.25) is 0 Å². The van der Waals surface area contributed by atoms with Crippen molar-refractivity contribution < 1.29 is 4.79 Å². The fraction of sp³-hybridized carbons (Fsp3) is 0.714. The Labute approximate surface area is 115 Å². The van der Waals surface area contributed by atoms with Crippen LogP contribution in [0.3, 0.4) is 0 Å². The van der Waals surface area contributed by atoms with Crippen LogP contribution in [0.25, 0.3) is 0 Å². The van der Waals surface area contributed by atoms with Crippen LogP contribution < -0.4 is 10.6 Å². The van der Waals surface area contributed by atoms with Crippen LogP contribution >= 0.6 is 0 Å². The minimum Gasteiger partial charge on any atom is -0.356 e. The number of nitrogens with zero attached hydrogens (tertiary/aromatic N) is 2. The van der Waals surface area contributed by atoms with Crippen LogP contribution in [-0.2, 0) is 11.3 Å². The summed E-state index contributed by atoms with van der Waals surface area (Å²) in [4.78, 5) is 11.4. The van der Waals surface area contributed by atoms with Crippen LogP contribution in [0.4, 0.5) is 0 Å². The van der Waals surface area contributed by atoms with Crippen molar-refractivity contribution in [3.63, 3.8) is 0 Å². The molecular formula is C14H26N4O. The van der Waals surface area contributed by atoms with Gasteiger partial charge in [-0.3, -0.25) is 9.48 Å². The number of carbonyl (C=O) groups excluding carboxylic acids is 1. The monoisotopic (exact) mass is 266 g/mol. The molecule has 5 nitrogen and oxygen atoms in total. The lowest BCUT2D eigenvalue weighted by Gasteiger charge is -2.14. The molecule has 0 saturated heterocycles. The fourth-order valence-corrected chi connectivity index (χ4v) is 2.44. The molecule has 0 saturated carbocycles. The van der Waals surface area contributed by atoms with Gasteiger partial charge in [-0.25, -0.2) is 0 Å². The van der Waals surface area contributed by atoms with Gasteiger partial charge in [-0.2, -0.15) is 5.10 Å². The van der Waals surface area contributed by atoms with Crippen LogP contribution in [-0.4, -0.2) is 28.8 Å². The highest BCUT2D eigenvalue weighted by atomic mass is 16.1. The third-order valence-corrected chi connectivity index (χ3v) is 3.35. The third kappa shape index (κ3) is 4.06. The molecule has 0 aliphatic heterocycles. The molecule has 1 aromatic rings. The number of amides is 1. The summed E-state index contributed by atoms with van der Waals surface area (Å²) in [5.74, 6) is 0.0971. The topological polar surface area (TPSA) is 59.0 Å². The van der Waals surface area contributed by atoms with E-state index in [-0.39, 0.29) is 11.9 Å². The molecule has 2 N–H and O–H groups in total. The number of carbonyl (C=O) groups is 1. The first-order chi connectivity index (χ1) is 9.01. The van der Waals surface area contributed by atoms with E-state index in [9.17, 15) is 4.79 Å². The average molecular weight is 266 g/mol. The smallest absolute Gasteiger partial charge is 0.221 e. The van der Waals surface area contributed by atoms with Gasteiger partial charge in [0.15, 0.2) is 0 Å². The molecule has 5 heteroatoms. The van der Waals surface area contributed by atoms with Gasteiger partial charge in [0.2, 0.25) is 5.91 Å². The summed E-state index contributed by atoms with van der Waals surface area (Å²) in [5.41, 5.74) is 3.52. The van der Waals surface area contributed by atoms with Crippen LogP contribution in [0.5, 0.6) is 0 Å². The Kier molecular flexibility index (Phi) is 6.02. The number of nitrogens with one attached hydrogen (secondary N) is 2. The van der Waals surface area contributed by atoms with E-state index >= 15 is 0 Å². The molecule has 108 valence electrons. The molecule has 1 rings (SSSR count). The Bertz CT molecular complexity index is 425. The molecule has 0 aliphatic carbocycles. The van der Waals surface area contributed by atoms with Crippen LogP contribution in [0.15, 0.2) is 0 Å². The van der Waals surface area contributed by atoms with E-state index in [0.717, 1.165) is 12.2 Å². The molecule has 0 aromatic carbocycles. The van der Waals surface area contributed by atoms with Gasteiger partial charge in [0.05, 0.1) is 5.69 Å². The van der Waals surface area contributed by atoms with Crippen molar-refractivity contribution >= 4 is 5.91 Å². The molecule has 0 spiro atoms. The van der Waals surface area contributed by atoms with E-state index in [2.05, 4.69) is 36.5 Å². The molecule has 1 aromatic heterocycles. The summed E-state index contributed by atoms with van der Waals surface area (Å²) in [6, 6.07) is 0.217. The highest BCUT2D eigenvalue weighted by molar-refractivity contribution is 5.75. The number of rotatable bonds is 7. The summed E-state index contributed by atoms with van der Waals surface area (Å²) in [6.07, 6.45) is 0.512. The van der Waals surface area contributed by atoms with E-state index in [1.165, 1.54) is 11.3 Å². The molecule has 1 atom stereocenters. The Hall–Kier alpha value is -1.36. The molecule has 1 amide bonds. The van der Waals surface area contributed by atoms with Gasteiger partial charge < -0.3 is 10.6 Å². The van der Waals surface area contributed by atoms with Crippen molar-refractivity contribution in [1.29, 1.82) is 0 Å². The van der Waals surface area contributed by atoms with Gasteiger partial charge >= 0.3 is 0 Å². The maximum Gasteiger partial charge on any atom is 0.221 e. The van der Waals surface area contributed by atoms with Crippen molar-refractivity contribution in [3.8, 4) is 0 Å². The maximum absolute atomic E-state index is 11.4. The zero-order valence-corrected chi connectivity index (χ0v) is 12.7. The van der Waals surface area contributed by atoms with Gasteiger partial charge in [0.1, 0.15) is 0 Å². The number of hydrogen-bond donors (Lipinski definition) is 2. The second-order valence-electron chi connectivity index (χ2n) is 4.78. The standard InChI is InChI=1S/C14H26N4O/c1-6-15-13(19)8-9-16-10(3)14-11(4)17-18(7-2)12(14)5/h10,16H,6-9H2,1-5H3,(H,15,19). The fourth-order valence-electron chi connectivity index (χ4n) is 2.44. The molecule has 0 bridgehead atoms. The lowest BCUT2D eigenvalue weighted by Crippen LogP contribution is -2.28. The predicted octanol–water partition coefficient (Wildman–Crippen LogP) is 1.70. The van der Waals surface area contributed by atoms with Gasteiger partial charge in [-0.15, -0.1) is 0 Å². The summed E-state index contributed by atoms with van der Waals surface area (Å²) >= 11 is 0. The summed E-state index contributed by atoms with van der Waals surface area (Å²) in [6.45, 7) is 12.5. The zero-order valence-electron chi connectivity index (χ0n) is 12.7. The van der Waals surface area contributed by atoms with Gasteiger partial charge in [-0.1, -0.05) is 0 Å². The van der Waals surface area contributed by atoms with Gasteiger partial charge in [-0.05, 0) is 34.6 Å². The maximum atomic E-state index is 11.4. The van der Waals surface area contributed by atoms with E-state index in [0.29, 0.717) is 19.5 Å². The molecule has 0 fully saturated rings. The average Bonchev–Trinajstić information content (AvgIpc) is 2.64. The summed E-state index contributed by atoms with van der Waals surface area (Å²) in [7, 11) is 0. The molecule has 1 unspecified atom stereocenters. The Balaban J connectivity index is 2.56. The van der Waals surface area contributed by atoms with E-state index in [4.69, 9.17) is 0 Å². The van der Waals surface area contributed by atoms with Crippen molar-refractivity contribution in [2.24, 2.45) is 0 Å². The first-order valence-corrected chi connectivity index (χ1v) is 7.05. The molecule has 1 heterocycles. The van der Waals surface area contributed by atoms with Crippen molar-refractivity contribution in [3.05, 3.63) is 17.0 Å². The van der Waals surface area contributed by atoms with E-state index < -0.39 is 0 Å². The minimum atomic E-state index is 0.0971. The third-order valence-electron chi connectivity index (χ3n) is 3.35. The Morgan fingerprint density at radius 3 is 2.58 bits per heavy atom. The SMILES string of the molecule is CCNC(=O)CCNC(C)c1c(C)nn(CC)c1C. The summed E-state index contributed by atoms with van der Waals surface area (Å²) in [5, 5.41) is 10.7. The van der Waals surface area contributed by atoms with E-state index in [1.807, 2.05) is 18.5 Å². The Morgan fingerprint density at radius 2 is 2.05 bits per heavy atom. The van der Waals surface area contributed by atoms with Crippen molar-refractivity contribution in [2.75, 3.05) is 13.1 Å². The lowest BCUT2D eigenvalue weighted by molar-refractivity contribution is -0.120. The summed E-state index contributed by atoms with van der Waals surface area (Å²) < 4.78 is 2.02. The lowest BCUT2D eigenvalue weighted by atomic mass is 10.1. The highest BCUT2D eigenvalue weighted by Gasteiger charge is 2.16. The highest BCUT2D eigenvalue weighted by Crippen LogP contribution is 2.21. The minimum absolute atomic E-state index is 0.0971. The molecule has 0 aliphatic rings. The van der Waals surface area contributed by atoms with Crippen molar-refractivity contribution in [1.82, 2.24) is 20.4 Å². The molecular weight excluding hydrogens is 240 g/mol. The predicted molar refractivity (Wildman–Crippen MR) is 77.1 cm³/mol. The Morgan fingerprint density at radius 1 is 1.37 bits per heavy atom. The van der Waals surface area contributed by atoms with Gasteiger partial charge in [0, 0.05) is 43.4 Å². The van der Waals surface area contributed by atoms with Crippen LogP contribution in [0, 0.1) is 13.8 Å². The first-order valence-electron chi connectivity index (χ1n) is 7.05. The second-order valence-corrected chi connectivity index (χ2v) is 4.78. The van der Waals surface area contributed by atoms with Gasteiger partial charge in [0.25, 0.3) is 0 Å². The van der Waals surface area contributed by atoms with E-state index in [1.54, 1.807) is 0 Å². The number of hydrogen-bond acceptors (Lipinski definition) is 3. The second kappa shape index (κ2) is 7.28. The largest absolute Gasteiger partial charge is 0.356 e. The first kappa shape index (κ1) is 15.7.